The van der Waals surface area contributed by atoms with Crippen molar-refractivity contribution >= 4 is 11.0 Å². The number of hydrogen-bond acceptors (Lipinski definition) is 3. The highest BCUT2D eigenvalue weighted by molar-refractivity contribution is 5.81. The molecule has 17 heavy (non-hydrogen) atoms. The molecule has 1 atom stereocenters. The van der Waals surface area contributed by atoms with E-state index in [0.29, 0.717) is 0 Å². The second kappa shape index (κ2) is 4.90. The van der Waals surface area contributed by atoms with Crippen LogP contribution in [-0.2, 0) is 0 Å². The van der Waals surface area contributed by atoms with Crippen molar-refractivity contribution in [3.63, 3.8) is 0 Å². The topological polar surface area (TPSA) is 28.4 Å². The average Bonchev–Trinajstić information content (AvgIpc) is 2.70. The fourth-order valence-electron chi connectivity index (χ4n) is 2.09. The zero-order valence-corrected chi connectivity index (χ0v) is 10.9. The van der Waals surface area contributed by atoms with Crippen molar-refractivity contribution in [3.8, 4) is 0 Å². The SMILES string of the molecule is CNC(CN(C)C)c1cc2cccc(C)c2o1. The van der Waals surface area contributed by atoms with Gasteiger partial charge in [0.15, 0.2) is 0 Å². The van der Waals surface area contributed by atoms with Crippen LogP contribution in [0, 0.1) is 6.92 Å². The normalized spacial score (nSPS) is 13.5. The molecule has 0 saturated heterocycles. The van der Waals surface area contributed by atoms with Crippen LogP contribution < -0.4 is 5.32 Å². The molecule has 2 aromatic rings. The predicted molar refractivity (Wildman–Crippen MR) is 71.3 cm³/mol. The van der Waals surface area contributed by atoms with Crippen LogP contribution in [-0.4, -0.2) is 32.6 Å². The molecule has 2 rings (SSSR count). The average molecular weight is 232 g/mol. The molecule has 1 aromatic carbocycles. The van der Waals surface area contributed by atoms with Crippen LogP contribution in [0.3, 0.4) is 0 Å². The Bertz CT molecular complexity index is 502. The highest BCUT2D eigenvalue weighted by Crippen LogP contribution is 2.26. The number of benzene rings is 1. The van der Waals surface area contributed by atoms with Crippen LogP contribution in [0.15, 0.2) is 28.7 Å². The van der Waals surface area contributed by atoms with Crippen LogP contribution in [0.1, 0.15) is 17.4 Å². The van der Waals surface area contributed by atoms with Crippen LogP contribution in [0.4, 0.5) is 0 Å². The summed E-state index contributed by atoms with van der Waals surface area (Å²) in [4.78, 5) is 2.15. The van der Waals surface area contributed by atoms with Gasteiger partial charge in [-0.2, -0.15) is 0 Å². The van der Waals surface area contributed by atoms with Crippen LogP contribution in [0.25, 0.3) is 11.0 Å². The van der Waals surface area contributed by atoms with Gasteiger partial charge >= 0.3 is 0 Å². The van der Waals surface area contributed by atoms with Gasteiger partial charge in [-0.3, -0.25) is 0 Å². The smallest absolute Gasteiger partial charge is 0.137 e. The van der Waals surface area contributed by atoms with E-state index in [0.717, 1.165) is 17.9 Å². The standard InChI is InChI=1S/C14H20N2O/c1-10-6-5-7-11-8-13(17-14(10)11)12(15-2)9-16(3)4/h5-8,12,15H,9H2,1-4H3. The van der Waals surface area contributed by atoms with E-state index in [1.165, 1.54) is 10.9 Å². The fraction of sp³-hybridized carbons (Fsp3) is 0.429. The molecule has 0 aliphatic carbocycles. The van der Waals surface area contributed by atoms with Crippen LogP contribution in [0.5, 0.6) is 0 Å². The van der Waals surface area contributed by atoms with Crippen molar-refractivity contribution < 1.29 is 4.42 Å². The number of fused-ring (bicyclic) bond motifs is 1. The predicted octanol–water partition coefficient (Wildman–Crippen LogP) is 2.56. The number of likely N-dealkylation sites (N-methyl/N-ethyl adjacent to an activating group) is 2. The van der Waals surface area contributed by atoms with Crippen molar-refractivity contribution in [2.45, 2.75) is 13.0 Å². The highest BCUT2D eigenvalue weighted by Gasteiger charge is 2.15. The van der Waals surface area contributed by atoms with Crippen molar-refractivity contribution in [2.75, 3.05) is 27.7 Å². The van der Waals surface area contributed by atoms with Crippen molar-refractivity contribution in [3.05, 3.63) is 35.6 Å². The van der Waals surface area contributed by atoms with Crippen LogP contribution in [0.2, 0.25) is 0 Å². The molecule has 3 heteroatoms. The Kier molecular flexibility index (Phi) is 3.50. The summed E-state index contributed by atoms with van der Waals surface area (Å²) >= 11 is 0. The molecule has 3 nitrogen and oxygen atoms in total. The van der Waals surface area contributed by atoms with Crippen molar-refractivity contribution in [1.29, 1.82) is 0 Å². The van der Waals surface area contributed by atoms with Gasteiger partial charge in [0, 0.05) is 11.9 Å². The number of nitrogens with zero attached hydrogens (tertiary/aromatic N) is 1. The lowest BCUT2D eigenvalue weighted by Gasteiger charge is -2.18. The number of aryl methyl sites for hydroxylation is 1. The second-order valence-corrected chi connectivity index (χ2v) is 4.75. The lowest BCUT2D eigenvalue weighted by atomic mass is 10.1. The molecule has 0 aliphatic heterocycles. The van der Waals surface area contributed by atoms with E-state index in [-0.39, 0.29) is 6.04 Å². The summed E-state index contributed by atoms with van der Waals surface area (Å²) < 4.78 is 5.96. The maximum Gasteiger partial charge on any atom is 0.137 e. The van der Waals surface area contributed by atoms with Crippen molar-refractivity contribution in [1.82, 2.24) is 10.2 Å². The number of nitrogens with one attached hydrogen (secondary N) is 1. The second-order valence-electron chi connectivity index (χ2n) is 4.75. The van der Waals surface area contributed by atoms with E-state index in [9.17, 15) is 0 Å². The number of hydrogen-bond donors (Lipinski definition) is 1. The lowest BCUT2D eigenvalue weighted by molar-refractivity contribution is 0.324. The Labute approximate surface area is 102 Å². The molecule has 1 N–H and O–H groups in total. The number of furan rings is 1. The molecule has 1 unspecified atom stereocenters. The Hall–Kier alpha value is -1.32. The first-order chi connectivity index (χ1) is 8.11. The number of rotatable bonds is 4. The van der Waals surface area contributed by atoms with Gasteiger partial charge in [-0.1, -0.05) is 18.2 Å². The minimum atomic E-state index is 0.233. The first kappa shape index (κ1) is 12.1. The Morgan fingerprint density at radius 2 is 2.12 bits per heavy atom. The van der Waals surface area contributed by atoms with Gasteiger partial charge in [-0.15, -0.1) is 0 Å². The van der Waals surface area contributed by atoms with Gasteiger partial charge in [0.05, 0.1) is 6.04 Å². The van der Waals surface area contributed by atoms with E-state index in [2.05, 4.69) is 55.5 Å². The molecule has 0 saturated carbocycles. The number of para-hydroxylation sites is 1. The van der Waals surface area contributed by atoms with E-state index in [1.807, 2.05) is 7.05 Å². The monoisotopic (exact) mass is 232 g/mol. The minimum absolute atomic E-state index is 0.233. The molecule has 1 aromatic heterocycles. The highest BCUT2D eigenvalue weighted by atomic mass is 16.3. The van der Waals surface area contributed by atoms with E-state index in [1.54, 1.807) is 0 Å². The zero-order chi connectivity index (χ0) is 12.4. The first-order valence-electron chi connectivity index (χ1n) is 5.93. The third kappa shape index (κ3) is 2.51. The summed E-state index contributed by atoms with van der Waals surface area (Å²) in [6, 6.07) is 8.61. The molecule has 92 valence electrons. The molecular weight excluding hydrogens is 212 g/mol. The summed E-state index contributed by atoms with van der Waals surface area (Å²) in [6.45, 7) is 3.01. The summed E-state index contributed by atoms with van der Waals surface area (Å²) in [7, 11) is 6.10. The van der Waals surface area contributed by atoms with Gasteiger partial charge < -0.3 is 14.6 Å². The molecule has 1 heterocycles. The molecule has 0 bridgehead atoms. The van der Waals surface area contributed by atoms with Gasteiger partial charge in [0.25, 0.3) is 0 Å². The first-order valence-corrected chi connectivity index (χ1v) is 5.93. The van der Waals surface area contributed by atoms with E-state index in [4.69, 9.17) is 4.42 Å². The lowest BCUT2D eigenvalue weighted by Crippen LogP contribution is -2.28. The third-order valence-electron chi connectivity index (χ3n) is 3.00. The van der Waals surface area contributed by atoms with Gasteiger partial charge in [0.2, 0.25) is 0 Å². The fourth-order valence-corrected chi connectivity index (χ4v) is 2.09. The van der Waals surface area contributed by atoms with Crippen molar-refractivity contribution in [2.24, 2.45) is 0 Å². The summed E-state index contributed by atoms with van der Waals surface area (Å²) in [5.74, 6) is 1.01. The maximum atomic E-state index is 5.96. The van der Waals surface area contributed by atoms with Gasteiger partial charge in [-0.25, -0.2) is 0 Å². The largest absolute Gasteiger partial charge is 0.459 e. The van der Waals surface area contributed by atoms with E-state index >= 15 is 0 Å². The van der Waals surface area contributed by atoms with Crippen LogP contribution >= 0.6 is 0 Å². The van der Waals surface area contributed by atoms with Gasteiger partial charge in [-0.05, 0) is 39.7 Å². The Morgan fingerprint density at radius 3 is 2.71 bits per heavy atom. The molecule has 0 aliphatic rings. The molecule has 0 radical (unpaired) electrons. The summed E-state index contributed by atoms with van der Waals surface area (Å²) in [6.07, 6.45) is 0. The Morgan fingerprint density at radius 1 is 1.35 bits per heavy atom. The molecule has 0 fully saturated rings. The summed E-state index contributed by atoms with van der Waals surface area (Å²) in [5, 5.41) is 4.47. The quantitative estimate of drug-likeness (QED) is 0.878. The Balaban J connectivity index is 2.37. The summed E-state index contributed by atoms with van der Waals surface area (Å²) in [5.41, 5.74) is 2.19. The maximum absolute atomic E-state index is 5.96. The van der Waals surface area contributed by atoms with Gasteiger partial charge in [0.1, 0.15) is 11.3 Å². The zero-order valence-electron chi connectivity index (χ0n) is 10.9. The molecule has 0 spiro atoms. The molecule has 0 amide bonds. The molecular formula is C14H20N2O. The third-order valence-corrected chi connectivity index (χ3v) is 3.00. The minimum Gasteiger partial charge on any atom is -0.459 e. The van der Waals surface area contributed by atoms with E-state index < -0.39 is 0 Å².